The highest BCUT2D eigenvalue weighted by Crippen LogP contribution is 1.92. The average molecular weight is 109 g/mol. The number of aliphatic imine (C=N–C) groups is 1. The van der Waals surface area contributed by atoms with Crippen molar-refractivity contribution in [3.8, 4) is 0 Å². The Kier molecular flexibility index (Phi) is 3.46. The number of carbonyl (C=O) groups excluding carboxylic acids is 1. The Balaban J connectivity index is 4.12. The third kappa shape index (κ3) is 2.11. The summed E-state index contributed by atoms with van der Waals surface area (Å²) in [5.41, 5.74) is 0.556. The Labute approximate surface area is 48.2 Å². The maximum Gasteiger partial charge on any atom is 0.240 e. The van der Waals surface area contributed by atoms with Gasteiger partial charge in [0.1, 0.15) is 0 Å². The third-order valence-corrected chi connectivity index (χ3v) is 0.680. The number of nitrogens with zero attached hydrogens (tertiary/aromatic N) is 1. The summed E-state index contributed by atoms with van der Waals surface area (Å²) in [5, 5.41) is 0. The van der Waals surface area contributed by atoms with Gasteiger partial charge in [-0.2, -0.15) is 4.99 Å². The van der Waals surface area contributed by atoms with Crippen LogP contribution in [-0.2, 0) is 4.79 Å². The van der Waals surface area contributed by atoms with E-state index in [1.54, 1.807) is 13.0 Å². The van der Waals surface area contributed by atoms with Crippen LogP contribution in [-0.4, -0.2) is 6.08 Å². The third-order valence-electron chi connectivity index (χ3n) is 0.680. The molecular weight excluding hydrogens is 102 g/mol. The van der Waals surface area contributed by atoms with Gasteiger partial charge in [0, 0.05) is 0 Å². The highest BCUT2D eigenvalue weighted by Gasteiger charge is 1.77. The van der Waals surface area contributed by atoms with Crippen molar-refractivity contribution in [2.75, 3.05) is 0 Å². The lowest BCUT2D eigenvalue weighted by molar-refractivity contribution is 0.565. The molecule has 0 unspecified atom stereocenters. The van der Waals surface area contributed by atoms with Gasteiger partial charge in [0.15, 0.2) is 0 Å². The molecule has 2 heteroatoms. The first-order valence-electron chi connectivity index (χ1n) is 2.21. The van der Waals surface area contributed by atoms with Gasteiger partial charge in [-0.15, -0.1) is 0 Å². The van der Waals surface area contributed by atoms with Crippen LogP contribution in [0.5, 0.6) is 0 Å². The Morgan fingerprint density at radius 3 is 2.62 bits per heavy atom. The van der Waals surface area contributed by atoms with Gasteiger partial charge in [-0.3, -0.25) is 0 Å². The highest BCUT2D eigenvalue weighted by molar-refractivity contribution is 5.38. The summed E-state index contributed by atoms with van der Waals surface area (Å²) >= 11 is 0. The summed E-state index contributed by atoms with van der Waals surface area (Å²) in [4.78, 5) is 12.9. The predicted molar refractivity (Wildman–Crippen MR) is 32.1 cm³/mol. The van der Waals surface area contributed by atoms with E-state index < -0.39 is 0 Å². The van der Waals surface area contributed by atoms with Gasteiger partial charge in [0.25, 0.3) is 0 Å². The number of hydrogen-bond donors (Lipinski definition) is 0. The first-order chi connectivity index (χ1) is 3.85. The van der Waals surface area contributed by atoms with Gasteiger partial charge < -0.3 is 0 Å². The Bertz CT molecular complexity index is 152. The fraction of sp³-hybridized carbons (Fsp3) is 0.167. The molecule has 0 bridgehead atoms. The molecule has 0 fully saturated rings. The number of hydrogen-bond acceptors (Lipinski definition) is 2. The van der Waals surface area contributed by atoms with Crippen molar-refractivity contribution in [1.29, 1.82) is 0 Å². The molecular formula is C6H7NO. The minimum Gasteiger partial charge on any atom is -0.211 e. The second-order valence-corrected chi connectivity index (χ2v) is 1.12. The largest absolute Gasteiger partial charge is 0.240 e. The van der Waals surface area contributed by atoms with E-state index >= 15 is 0 Å². The van der Waals surface area contributed by atoms with E-state index in [-0.39, 0.29) is 0 Å². The second-order valence-electron chi connectivity index (χ2n) is 1.12. The molecule has 0 amide bonds. The number of rotatable bonds is 2. The summed E-state index contributed by atoms with van der Waals surface area (Å²) in [6.07, 6.45) is 4.57. The summed E-state index contributed by atoms with van der Waals surface area (Å²) in [6.45, 7) is 5.19. The molecule has 0 N–H and O–H groups in total. The molecule has 0 saturated carbocycles. The van der Waals surface area contributed by atoms with E-state index in [1.165, 1.54) is 12.2 Å². The highest BCUT2D eigenvalue weighted by atomic mass is 16.1. The fourth-order valence-electron chi connectivity index (χ4n) is 0.281. The van der Waals surface area contributed by atoms with Crippen LogP contribution in [0, 0.1) is 0 Å². The number of allylic oxidation sites excluding steroid dienone is 2. The molecule has 8 heavy (non-hydrogen) atoms. The van der Waals surface area contributed by atoms with Crippen LogP contribution < -0.4 is 0 Å². The summed E-state index contributed by atoms with van der Waals surface area (Å²) in [7, 11) is 0. The topological polar surface area (TPSA) is 29.4 Å². The number of isocyanates is 1. The first-order valence-corrected chi connectivity index (χ1v) is 2.21. The van der Waals surface area contributed by atoms with Crippen LogP contribution in [0.2, 0.25) is 0 Å². The van der Waals surface area contributed by atoms with Gasteiger partial charge in [-0.25, -0.2) is 4.79 Å². The van der Waals surface area contributed by atoms with E-state index in [4.69, 9.17) is 0 Å². The minimum absolute atomic E-state index is 0.556. The Morgan fingerprint density at radius 2 is 2.50 bits per heavy atom. The quantitative estimate of drug-likeness (QED) is 0.299. The van der Waals surface area contributed by atoms with Crippen molar-refractivity contribution < 1.29 is 4.79 Å². The summed E-state index contributed by atoms with van der Waals surface area (Å²) in [5.74, 6) is 0. The Morgan fingerprint density at radius 1 is 1.88 bits per heavy atom. The lowest BCUT2D eigenvalue weighted by Gasteiger charge is -1.79. The van der Waals surface area contributed by atoms with Crippen molar-refractivity contribution in [3.05, 3.63) is 24.4 Å². The average Bonchev–Trinajstić information content (AvgIpc) is 1.83. The second kappa shape index (κ2) is 4.03. The summed E-state index contributed by atoms with van der Waals surface area (Å²) < 4.78 is 0. The zero-order valence-electron chi connectivity index (χ0n) is 4.72. The molecule has 0 saturated heterocycles. The van der Waals surface area contributed by atoms with Crippen LogP contribution >= 0.6 is 0 Å². The van der Waals surface area contributed by atoms with Crippen molar-refractivity contribution in [1.82, 2.24) is 0 Å². The standard InChI is InChI=1S/C6H7NO/c1-3-6(4-2)7-5-8/h3-4H,1H2,2H3. The smallest absolute Gasteiger partial charge is 0.211 e. The van der Waals surface area contributed by atoms with E-state index in [9.17, 15) is 4.79 Å². The molecule has 0 heterocycles. The molecule has 0 aromatic heterocycles. The van der Waals surface area contributed by atoms with Crippen LogP contribution in [0.4, 0.5) is 0 Å². The van der Waals surface area contributed by atoms with Gasteiger partial charge in [0.2, 0.25) is 6.08 Å². The molecule has 0 aliphatic heterocycles. The molecule has 0 rings (SSSR count). The molecule has 0 radical (unpaired) electrons. The van der Waals surface area contributed by atoms with E-state index in [0.717, 1.165) is 0 Å². The van der Waals surface area contributed by atoms with Crippen molar-refractivity contribution >= 4 is 6.08 Å². The van der Waals surface area contributed by atoms with E-state index in [2.05, 4.69) is 11.6 Å². The lowest BCUT2D eigenvalue weighted by Crippen LogP contribution is -1.64. The molecule has 0 atom stereocenters. The van der Waals surface area contributed by atoms with Gasteiger partial charge in [-0.05, 0) is 13.0 Å². The van der Waals surface area contributed by atoms with Crippen LogP contribution in [0.25, 0.3) is 0 Å². The van der Waals surface area contributed by atoms with Crippen molar-refractivity contribution in [2.24, 2.45) is 4.99 Å². The lowest BCUT2D eigenvalue weighted by atomic mass is 10.4. The maximum atomic E-state index is 9.55. The Hall–Kier alpha value is -1.14. The molecule has 0 spiro atoms. The monoisotopic (exact) mass is 109 g/mol. The van der Waals surface area contributed by atoms with Crippen LogP contribution in [0.1, 0.15) is 6.92 Å². The molecule has 2 nitrogen and oxygen atoms in total. The minimum atomic E-state index is 0.556. The predicted octanol–water partition coefficient (Wildman–Crippen LogP) is 1.41. The zero-order valence-corrected chi connectivity index (χ0v) is 4.72. The van der Waals surface area contributed by atoms with Gasteiger partial charge in [-0.1, -0.05) is 12.7 Å². The van der Waals surface area contributed by atoms with E-state index in [1.807, 2.05) is 0 Å². The normalized spacial score (nSPS) is 9.88. The van der Waals surface area contributed by atoms with Crippen molar-refractivity contribution in [3.63, 3.8) is 0 Å². The van der Waals surface area contributed by atoms with Crippen LogP contribution in [0.15, 0.2) is 29.4 Å². The summed E-state index contributed by atoms with van der Waals surface area (Å²) in [6, 6.07) is 0. The van der Waals surface area contributed by atoms with Crippen LogP contribution in [0.3, 0.4) is 0 Å². The molecule has 42 valence electrons. The van der Waals surface area contributed by atoms with Crippen molar-refractivity contribution in [2.45, 2.75) is 6.92 Å². The molecule has 0 aromatic carbocycles. The van der Waals surface area contributed by atoms with Gasteiger partial charge >= 0.3 is 0 Å². The SMILES string of the molecule is C=CC(=CC)N=C=O. The zero-order chi connectivity index (χ0) is 6.41. The molecule has 0 aliphatic rings. The van der Waals surface area contributed by atoms with E-state index in [0.29, 0.717) is 5.70 Å². The first kappa shape index (κ1) is 6.86. The molecule has 0 aliphatic carbocycles. The molecule has 0 aromatic rings. The fourth-order valence-corrected chi connectivity index (χ4v) is 0.281. The van der Waals surface area contributed by atoms with Gasteiger partial charge in [0.05, 0.1) is 5.70 Å². The maximum absolute atomic E-state index is 9.55.